The van der Waals surface area contributed by atoms with Crippen LogP contribution in [0.3, 0.4) is 0 Å². The van der Waals surface area contributed by atoms with Crippen LogP contribution in [0.1, 0.15) is 23.6 Å². The minimum Gasteiger partial charge on any atom is -0.314 e. The highest BCUT2D eigenvalue weighted by Crippen LogP contribution is 2.34. The molecule has 20 heavy (non-hydrogen) atoms. The van der Waals surface area contributed by atoms with E-state index in [4.69, 9.17) is 5.26 Å². The van der Waals surface area contributed by atoms with Crippen LogP contribution < -0.4 is 5.32 Å². The fraction of sp³-hybridized carbons (Fsp3) is 0.500. The minimum atomic E-state index is -4.20. The van der Waals surface area contributed by atoms with Gasteiger partial charge in [-0.2, -0.15) is 18.4 Å². The number of rotatable bonds is 3. The molecule has 0 aromatic heterocycles. The predicted octanol–water partition coefficient (Wildman–Crippen LogP) is 2.46. The van der Waals surface area contributed by atoms with E-state index in [0.717, 1.165) is 0 Å². The summed E-state index contributed by atoms with van der Waals surface area (Å²) in [6, 6.07) is 7.68. The Hall–Kier alpha value is -1.58. The van der Waals surface area contributed by atoms with E-state index >= 15 is 0 Å². The number of alkyl halides is 3. The number of piperazine rings is 1. The monoisotopic (exact) mass is 283 g/mol. The van der Waals surface area contributed by atoms with E-state index in [-0.39, 0.29) is 0 Å². The maximum absolute atomic E-state index is 12.8. The van der Waals surface area contributed by atoms with Gasteiger partial charge in [0.15, 0.2) is 0 Å². The van der Waals surface area contributed by atoms with Crippen LogP contribution in [0.4, 0.5) is 13.2 Å². The molecule has 1 saturated heterocycles. The average molecular weight is 283 g/mol. The van der Waals surface area contributed by atoms with Gasteiger partial charge in [0.1, 0.15) is 0 Å². The molecule has 2 rings (SSSR count). The molecule has 3 nitrogen and oxygen atoms in total. The number of nitriles is 1. The van der Waals surface area contributed by atoms with Gasteiger partial charge in [-0.05, 0) is 17.7 Å². The van der Waals surface area contributed by atoms with Crippen molar-refractivity contribution in [2.24, 2.45) is 0 Å². The summed E-state index contributed by atoms with van der Waals surface area (Å²) < 4.78 is 38.4. The van der Waals surface area contributed by atoms with Crippen LogP contribution >= 0.6 is 0 Å². The summed E-state index contributed by atoms with van der Waals surface area (Å²) in [6.45, 7) is 2.59. The summed E-state index contributed by atoms with van der Waals surface area (Å²) in [5.41, 5.74) is 1.07. The average Bonchev–Trinajstić information content (AvgIpc) is 2.45. The maximum atomic E-state index is 12.8. The highest BCUT2D eigenvalue weighted by atomic mass is 19.4. The summed E-state index contributed by atoms with van der Waals surface area (Å²) in [4.78, 5) is 1.85. The number of nitrogens with one attached hydrogen (secondary N) is 1. The summed E-state index contributed by atoms with van der Waals surface area (Å²) in [6.07, 6.45) is -5.07. The molecule has 1 heterocycles. The lowest BCUT2D eigenvalue weighted by atomic mass is 9.99. The molecule has 1 aromatic carbocycles. The van der Waals surface area contributed by atoms with Crippen LogP contribution in [0, 0.1) is 11.3 Å². The standard InChI is InChI=1S/C14H16F3N3/c15-14(16,17)9-13(20-7-5-19-6-8-20)12-3-1-11(10-18)2-4-12/h1-4,13,19H,5-9H2/t13-/m1/s1. The van der Waals surface area contributed by atoms with Gasteiger partial charge in [-0.3, -0.25) is 4.90 Å². The number of nitrogens with zero attached hydrogens (tertiary/aromatic N) is 2. The topological polar surface area (TPSA) is 39.1 Å². The molecule has 0 aliphatic carbocycles. The van der Waals surface area contributed by atoms with Gasteiger partial charge in [0.2, 0.25) is 0 Å². The first-order valence-corrected chi connectivity index (χ1v) is 6.51. The second kappa shape index (κ2) is 6.25. The maximum Gasteiger partial charge on any atom is 0.390 e. The molecule has 1 aliphatic rings. The third-order valence-corrected chi connectivity index (χ3v) is 3.44. The second-order valence-electron chi connectivity index (χ2n) is 4.85. The van der Waals surface area contributed by atoms with Crippen molar-refractivity contribution in [1.82, 2.24) is 10.2 Å². The molecular weight excluding hydrogens is 267 g/mol. The fourth-order valence-electron chi connectivity index (χ4n) is 2.45. The molecule has 1 N–H and O–H groups in total. The molecular formula is C14H16F3N3. The second-order valence-corrected chi connectivity index (χ2v) is 4.85. The highest BCUT2D eigenvalue weighted by Gasteiger charge is 2.35. The molecule has 0 spiro atoms. The lowest BCUT2D eigenvalue weighted by Crippen LogP contribution is -2.46. The minimum absolute atomic E-state index is 0.458. The number of benzene rings is 1. The molecule has 1 aromatic rings. The third kappa shape index (κ3) is 3.95. The molecule has 1 fully saturated rings. The lowest BCUT2D eigenvalue weighted by Gasteiger charge is -2.35. The SMILES string of the molecule is N#Cc1ccc([C@@H](CC(F)(F)F)N2CCNCC2)cc1. The number of hydrogen-bond acceptors (Lipinski definition) is 3. The molecule has 1 atom stereocenters. The van der Waals surface area contributed by atoms with E-state index in [9.17, 15) is 13.2 Å². The summed E-state index contributed by atoms with van der Waals surface area (Å²) in [5.74, 6) is 0. The molecule has 1 aliphatic heterocycles. The van der Waals surface area contributed by atoms with E-state index in [2.05, 4.69) is 5.32 Å². The Kier molecular flexibility index (Phi) is 4.63. The van der Waals surface area contributed by atoms with Crippen molar-refractivity contribution in [1.29, 1.82) is 5.26 Å². The van der Waals surface area contributed by atoms with Gasteiger partial charge in [-0.25, -0.2) is 0 Å². The zero-order valence-corrected chi connectivity index (χ0v) is 11.0. The van der Waals surface area contributed by atoms with Crippen molar-refractivity contribution < 1.29 is 13.2 Å². The largest absolute Gasteiger partial charge is 0.390 e. The zero-order chi connectivity index (χ0) is 14.6. The van der Waals surface area contributed by atoms with Crippen LogP contribution in [0.5, 0.6) is 0 Å². The summed E-state index contributed by atoms with van der Waals surface area (Å²) in [7, 11) is 0. The first-order chi connectivity index (χ1) is 9.49. The van der Waals surface area contributed by atoms with E-state index in [0.29, 0.717) is 37.3 Å². The van der Waals surface area contributed by atoms with Crippen molar-refractivity contribution in [3.8, 4) is 6.07 Å². The van der Waals surface area contributed by atoms with Crippen molar-refractivity contribution in [3.63, 3.8) is 0 Å². The first-order valence-electron chi connectivity index (χ1n) is 6.51. The van der Waals surface area contributed by atoms with Crippen LogP contribution in [-0.2, 0) is 0 Å². The van der Waals surface area contributed by atoms with Gasteiger partial charge < -0.3 is 5.32 Å². The Balaban J connectivity index is 2.22. The van der Waals surface area contributed by atoms with Crippen molar-refractivity contribution >= 4 is 0 Å². The van der Waals surface area contributed by atoms with E-state index in [1.54, 1.807) is 24.3 Å². The van der Waals surface area contributed by atoms with E-state index < -0.39 is 18.6 Å². The normalized spacial score (nSPS) is 18.5. The zero-order valence-electron chi connectivity index (χ0n) is 11.0. The third-order valence-electron chi connectivity index (χ3n) is 3.44. The van der Waals surface area contributed by atoms with Crippen LogP contribution in [0.15, 0.2) is 24.3 Å². The molecule has 0 radical (unpaired) electrons. The summed E-state index contributed by atoms with van der Waals surface area (Å²) >= 11 is 0. The Morgan fingerprint density at radius 2 is 1.80 bits per heavy atom. The summed E-state index contributed by atoms with van der Waals surface area (Å²) in [5, 5.41) is 11.9. The fourth-order valence-corrected chi connectivity index (χ4v) is 2.45. The van der Waals surface area contributed by atoms with E-state index in [1.165, 1.54) is 0 Å². The number of hydrogen-bond donors (Lipinski definition) is 1. The van der Waals surface area contributed by atoms with Gasteiger partial charge in [0, 0.05) is 32.2 Å². The van der Waals surface area contributed by atoms with Gasteiger partial charge >= 0.3 is 6.18 Å². The molecule has 0 unspecified atom stereocenters. The quantitative estimate of drug-likeness (QED) is 0.926. The molecule has 6 heteroatoms. The van der Waals surface area contributed by atoms with Crippen molar-refractivity contribution in [2.45, 2.75) is 18.6 Å². The molecule has 108 valence electrons. The molecule has 0 saturated carbocycles. The van der Waals surface area contributed by atoms with Crippen LogP contribution in [0.2, 0.25) is 0 Å². The van der Waals surface area contributed by atoms with Gasteiger partial charge in [0.25, 0.3) is 0 Å². The predicted molar refractivity (Wildman–Crippen MR) is 69.0 cm³/mol. The number of halogens is 3. The van der Waals surface area contributed by atoms with Gasteiger partial charge in [-0.15, -0.1) is 0 Å². The Morgan fingerprint density at radius 1 is 1.20 bits per heavy atom. The Labute approximate surface area is 116 Å². The van der Waals surface area contributed by atoms with Crippen molar-refractivity contribution in [3.05, 3.63) is 35.4 Å². The van der Waals surface area contributed by atoms with Crippen LogP contribution in [-0.4, -0.2) is 37.3 Å². The molecule has 0 bridgehead atoms. The lowest BCUT2D eigenvalue weighted by molar-refractivity contribution is -0.148. The van der Waals surface area contributed by atoms with Crippen LogP contribution in [0.25, 0.3) is 0 Å². The van der Waals surface area contributed by atoms with Gasteiger partial charge in [-0.1, -0.05) is 12.1 Å². The Morgan fingerprint density at radius 3 is 2.30 bits per heavy atom. The first kappa shape index (κ1) is 14.8. The Bertz CT molecular complexity index is 470. The van der Waals surface area contributed by atoms with Gasteiger partial charge in [0.05, 0.1) is 18.1 Å². The van der Waals surface area contributed by atoms with E-state index in [1.807, 2.05) is 11.0 Å². The van der Waals surface area contributed by atoms with Crippen molar-refractivity contribution in [2.75, 3.05) is 26.2 Å². The smallest absolute Gasteiger partial charge is 0.314 e. The molecule has 0 amide bonds. The highest BCUT2D eigenvalue weighted by molar-refractivity contribution is 5.33.